The van der Waals surface area contributed by atoms with Gasteiger partial charge in [0, 0.05) is 11.9 Å². The minimum Gasteiger partial charge on any atom is -0.462 e. The van der Waals surface area contributed by atoms with Crippen molar-refractivity contribution >= 4 is 34.2 Å². The van der Waals surface area contributed by atoms with Crippen molar-refractivity contribution in [1.82, 2.24) is 4.98 Å². The first kappa shape index (κ1) is 18.2. The molecular formula is C20H17ClN2O5. The van der Waals surface area contributed by atoms with Gasteiger partial charge < -0.3 is 24.5 Å². The van der Waals surface area contributed by atoms with Crippen molar-refractivity contribution in [3.05, 3.63) is 62.9 Å². The highest BCUT2D eigenvalue weighted by molar-refractivity contribution is 6.35. The van der Waals surface area contributed by atoms with Gasteiger partial charge in [-0.05, 0) is 30.7 Å². The van der Waals surface area contributed by atoms with E-state index in [0.717, 1.165) is 5.56 Å². The zero-order valence-electron chi connectivity index (χ0n) is 15.0. The third-order valence-electron chi connectivity index (χ3n) is 4.38. The molecule has 0 aliphatic carbocycles. The number of pyridine rings is 1. The standard InChI is InChI=1S/C20H17ClN2O5/c1-2-26-20(25)16-18(12-4-3-5-13(21)17(12)23-19(16)24)22-9-11-6-7-14-15(8-11)28-10-27-14/h3-8H,2,9-10H2,1H3,(H2,22,23,24). The summed E-state index contributed by atoms with van der Waals surface area (Å²) in [5, 5.41) is 4.20. The molecule has 0 amide bonds. The lowest BCUT2D eigenvalue weighted by atomic mass is 10.1. The topological polar surface area (TPSA) is 89.7 Å². The van der Waals surface area contributed by atoms with Crippen molar-refractivity contribution in [2.75, 3.05) is 18.7 Å². The van der Waals surface area contributed by atoms with E-state index in [0.29, 0.717) is 39.7 Å². The SMILES string of the molecule is CCOC(=O)c1c(NCc2ccc3c(c2)OCO3)c2cccc(Cl)c2[nH]c1=O. The fourth-order valence-corrected chi connectivity index (χ4v) is 3.33. The second-order valence-corrected chi connectivity index (χ2v) is 6.54. The number of hydrogen-bond donors (Lipinski definition) is 2. The molecule has 2 heterocycles. The summed E-state index contributed by atoms with van der Waals surface area (Å²) >= 11 is 6.23. The average molecular weight is 401 g/mol. The molecule has 3 aromatic rings. The van der Waals surface area contributed by atoms with Crippen LogP contribution in [0.1, 0.15) is 22.8 Å². The predicted molar refractivity (Wildman–Crippen MR) is 105 cm³/mol. The van der Waals surface area contributed by atoms with Crippen LogP contribution in [0, 0.1) is 0 Å². The predicted octanol–water partition coefficient (Wildman–Crippen LogP) is 3.70. The summed E-state index contributed by atoms with van der Waals surface area (Å²) in [5.74, 6) is 0.645. The molecule has 144 valence electrons. The van der Waals surface area contributed by atoms with Crippen LogP contribution in [0.25, 0.3) is 10.9 Å². The van der Waals surface area contributed by atoms with Crippen LogP contribution < -0.4 is 20.3 Å². The van der Waals surface area contributed by atoms with Crippen LogP contribution in [-0.2, 0) is 11.3 Å². The van der Waals surface area contributed by atoms with Crippen LogP contribution in [-0.4, -0.2) is 24.4 Å². The Kier molecular flexibility index (Phi) is 4.83. The number of hydrogen-bond acceptors (Lipinski definition) is 6. The van der Waals surface area contributed by atoms with E-state index in [1.54, 1.807) is 25.1 Å². The fraction of sp³-hybridized carbons (Fsp3) is 0.200. The smallest absolute Gasteiger partial charge is 0.345 e. The molecular weight excluding hydrogens is 384 g/mol. The number of aromatic nitrogens is 1. The Labute approximate surface area is 165 Å². The first-order valence-corrected chi connectivity index (χ1v) is 9.10. The van der Waals surface area contributed by atoms with E-state index in [1.165, 1.54) is 0 Å². The van der Waals surface area contributed by atoms with Crippen LogP contribution in [0.4, 0.5) is 5.69 Å². The van der Waals surface area contributed by atoms with Gasteiger partial charge in [0.2, 0.25) is 6.79 Å². The molecule has 1 aliphatic heterocycles. The average Bonchev–Trinajstić information content (AvgIpc) is 3.14. The third kappa shape index (κ3) is 3.25. The quantitative estimate of drug-likeness (QED) is 0.635. The van der Waals surface area contributed by atoms with E-state index in [9.17, 15) is 9.59 Å². The summed E-state index contributed by atoms with van der Waals surface area (Å²) in [6.45, 7) is 2.39. The number of carbonyl (C=O) groups is 1. The Hall–Kier alpha value is -3.19. The van der Waals surface area contributed by atoms with Crippen LogP contribution in [0.5, 0.6) is 11.5 Å². The second-order valence-electron chi connectivity index (χ2n) is 6.13. The van der Waals surface area contributed by atoms with Gasteiger partial charge in [-0.25, -0.2) is 4.79 Å². The largest absolute Gasteiger partial charge is 0.462 e. The van der Waals surface area contributed by atoms with Gasteiger partial charge in [-0.15, -0.1) is 0 Å². The molecule has 0 unspecified atom stereocenters. The summed E-state index contributed by atoms with van der Waals surface area (Å²) in [4.78, 5) is 27.7. The molecule has 0 atom stereocenters. The van der Waals surface area contributed by atoms with E-state index in [4.69, 9.17) is 25.8 Å². The maximum atomic E-state index is 12.6. The summed E-state index contributed by atoms with van der Waals surface area (Å²) in [5.41, 5.74) is 1.08. The van der Waals surface area contributed by atoms with Crippen LogP contribution in [0.2, 0.25) is 5.02 Å². The molecule has 28 heavy (non-hydrogen) atoms. The lowest BCUT2D eigenvalue weighted by Gasteiger charge is -2.15. The number of halogens is 1. The van der Waals surface area contributed by atoms with Crippen molar-refractivity contribution in [2.24, 2.45) is 0 Å². The van der Waals surface area contributed by atoms with Gasteiger partial charge in [0.05, 0.1) is 22.8 Å². The highest BCUT2D eigenvalue weighted by Crippen LogP contribution is 2.33. The number of aromatic amines is 1. The molecule has 0 bridgehead atoms. The second kappa shape index (κ2) is 7.44. The molecule has 0 spiro atoms. The van der Waals surface area contributed by atoms with Crippen molar-refractivity contribution in [1.29, 1.82) is 0 Å². The van der Waals surface area contributed by atoms with Crippen LogP contribution in [0.3, 0.4) is 0 Å². The molecule has 1 aliphatic rings. The summed E-state index contributed by atoms with van der Waals surface area (Å²) < 4.78 is 15.8. The Morgan fingerprint density at radius 1 is 1.25 bits per heavy atom. The molecule has 1 aromatic heterocycles. The third-order valence-corrected chi connectivity index (χ3v) is 4.70. The van der Waals surface area contributed by atoms with Gasteiger partial charge in [0.25, 0.3) is 5.56 Å². The highest BCUT2D eigenvalue weighted by atomic mass is 35.5. The highest BCUT2D eigenvalue weighted by Gasteiger charge is 2.22. The van der Waals surface area contributed by atoms with Crippen molar-refractivity contribution in [3.63, 3.8) is 0 Å². The van der Waals surface area contributed by atoms with Crippen LogP contribution >= 0.6 is 11.6 Å². The van der Waals surface area contributed by atoms with Gasteiger partial charge in [0.1, 0.15) is 5.56 Å². The van der Waals surface area contributed by atoms with Gasteiger partial charge in [-0.2, -0.15) is 0 Å². The lowest BCUT2D eigenvalue weighted by Crippen LogP contribution is -2.23. The monoisotopic (exact) mass is 400 g/mol. The summed E-state index contributed by atoms with van der Waals surface area (Å²) in [7, 11) is 0. The first-order chi connectivity index (χ1) is 13.6. The zero-order chi connectivity index (χ0) is 19.7. The fourth-order valence-electron chi connectivity index (χ4n) is 3.11. The molecule has 2 aromatic carbocycles. The maximum absolute atomic E-state index is 12.6. The van der Waals surface area contributed by atoms with Gasteiger partial charge >= 0.3 is 5.97 Å². The van der Waals surface area contributed by atoms with Gasteiger partial charge in [-0.3, -0.25) is 4.79 Å². The normalized spacial score (nSPS) is 12.2. The Morgan fingerprint density at radius 3 is 2.89 bits per heavy atom. The molecule has 7 nitrogen and oxygen atoms in total. The number of carbonyl (C=O) groups excluding carboxylic acids is 1. The number of rotatable bonds is 5. The summed E-state index contributed by atoms with van der Waals surface area (Å²) in [6.07, 6.45) is 0. The number of nitrogens with one attached hydrogen (secondary N) is 2. The van der Waals surface area contributed by atoms with Crippen molar-refractivity contribution in [3.8, 4) is 11.5 Å². The van der Waals surface area contributed by atoms with Crippen molar-refractivity contribution < 1.29 is 19.0 Å². The van der Waals surface area contributed by atoms with Gasteiger partial charge in [0.15, 0.2) is 11.5 Å². The lowest BCUT2D eigenvalue weighted by molar-refractivity contribution is 0.0525. The minimum absolute atomic E-state index is 0.0858. The van der Waals surface area contributed by atoms with Crippen LogP contribution in [0.15, 0.2) is 41.2 Å². The molecule has 4 rings (SSSR count). The molecule has 0 radical (unpaired) electrons. The van der Waals surface area contributed by atoms with E-state index in [1.807, 2.05) is 18.2 Å². The Morgan fingerprint density at radius 2 is 2.07 bits per heavy atom. The number of ether oxygens (including phenoxy) is 3. The first-order valence-electron chi connectivity index (χ1n) is 8.72. The van der Waals surface area contributed by atoms with E-state index < -0.39 is 11.5 Å². The molecule has 0 saturated carbocycles. The summed E-state index contributed by atoms with van der Waals surface area (Å²) in [6, 6.07) is 10.8. The molecule has 0 fully saturated rings. The number of esters is 1. The van der Waals surface area contributed by atoms with Crippen molar-refractivity contribution in [2.45, 2.75) is 13.5 Å². The Balaban J connectivity index is 1.77. The minimum atomic E-state index is -0.696. The number of H-pyrrole nitrogens is 1. The van der Waals surface area contributed by atoms with E-state index >= 15 is 0 Å². The molecule has 0 saturated heterocycles. The van der Waals surface area contributed by atoms with E-state index in [2.05, 4.69) is 10.3 Å². The van der Waals surface area contributed by atoms with Gasteiger partial charge in [-0.1, -0.05) is 29.8 Å². The number of fused-ring (bicyclic) bond motifs is 2. The number of anilines is 1. The van der Waals surface area contributed by atoms with E-state index in [-0.39, 0.29) is 19.0 Å². The Bertz CT molecular complexity index is 1130. The zero-order valence-corrected chi connectivity index (χ0v) is 15.8. The molecule has 8 heteroatoms. The number of benzene rings is 2. The number of para-hydroxylation sites is 1. The molecule has 2 N–H and O–H groups in total. The maximum Gasteiger partial charge on any atom is 0.345 e.